The Morgan fingerprint density at radius 2 is 1.93 bits per heavy atom. The number of benzene rings is 1. The van der Waals surface area contributed by atoms with E-state index in [0.717, 1.165) is 55.3 Å². The zero-order valence-electron chi connectivity index (χ0n) is 17.5. The summed E-state index contributed by atoms with van der Waals surface area (Å²) in [5.41, 5.74) is 3.99. The molecule has 152 valence electrons. The maximum atomic E-state index is 12.1. The van der Waals surface area contributed by atoms with Gasteiger partial charge in [0.2, 0.25) is 0 Å². The predicted octanol–water partition coefficient (Wildman–Crippen LogP) is 2.33. The van der Waals surface area contributed by atoms with E-state index in [-0.39, 0.29) is 5.91 Å². The molecular weight excluding hydrogens is 354 g/mol. The Morgan fingerprint density at radius 3 is 2.57 bits per heavy atom. The van der Waals surface area contributed by atoms with Crippen LogP contribution in [0.4, 0.5) is 0 Å². The second-order valence-corrected chi connectivity index (χ2v) is 6.98. The number of aromatic nitrogens is 1. The van der Waals surface area contributed by atoms with Crippen LogP contribution in [0, 0.1) is 13.8 Å². The van der Waals surface area contributed by atoms with Crippen LogP contribution in [0.15, 0.2) is 33.8 Å². The van der Waals surface area contributed by atoms with E-state index in [0.29, 0.717) is 5.56 Å². The van der Waals surface area contributed by atoms with Crippen LogP contribution in [-0.4, -0.2) is 56.2 Å². The first-order chi connectivity index (χ1) is 13.4. The normalized spacial score (nSPS) is 11.4. The molecule has 0 saturated carbocycles. The maximum Gasteiger partial charge on any atom is 0.253 e. The minimum absolute atomic E-state index is 0.0191. The fourth-order valence-corrected chi connectivity index (χ4v) is 2.99. The minimum Gasteiger partial charge on any atom is -0.361 e. The van der Waals surface area contributed by atoms with Crippen LogP contribution in [0.1, 0.15) is 39.4 Å². The predicted molar refractivity (Wildman–Crippen MR) is 112 cm³/mol. The van der Waals surface area contributed by atoms with Gasteiger partial charge >= 0.3 is 0 Å². The number of aliphatic imine (C=N–C) groups is 1. The van der Waals surface area contributed by atoms with Crippen molar-refractivity contribution in [3.8, 4) is 0 Å². The number of rotatable bonds is 8. The number of carbonyl (C=O) groups excluding carboxylic acids is 1. The van der Waals surface area contributed by atoms with Gasteiger partial charge in [0, 0.05) is 45.4 Å². The van der Waals surface area contributed by atoms with E-state index in [1.807, 2.05) is 38.1 Å². The first kappa shape index (κ1) is 21.5. The highest BCUT2D eigenvalue weighted by molar-refractivity contribution is 5.94. The van der Waals surface area contributed by atoms with E-state index >= 15 is 0 Å². The molecule has 1 amide bonds. The fraction of sp³-hybridized carbons (Fsp3) is 0.476. The number of hydrogen-bond acceptors (Lipinski definition) is 4. The molecular formula is C21H31N5O2. The highest BCUT2D eigenvalue weighted by Gasteiger charge is 2.09. The molecule has 28 heavy (non-hydrogen) atoms. The monoisotopic (exact) mass is 385 g/mol. The van der Waals surface area contributed by atoms with Crippen molar-refractivity contribution in [1.29, 1.82) is 0 Å². The van der Waals surface area contributed by atoms with Crippen molar-refractivity contribution in [2.24, 2.45) is 4.99 Å². The summed E-state index contributed by atoms with van der Waals surface area (Å²) in [7, 11) is 5.29. The third kappa shape index (κ3) is 6.11. The molecule has 7 heteroatoms. The molecule has 0 spiro atoms. The lowest BCUT2D eigenvalue weighted by atomic mass is 10.1. The van der Waals surface area contributed by atoms with Crippen molar-refractivity contribution in [2.45, 2.75) is 33.1 Å². The summed E-state index contributed by atoms with van der Waals surface area (Å²) in [4.78, 5) is 17.9. The quantitative estimate of drug-likeness (QED) is 0.414. The lowest BCUT2D eigenvalue weighted by Crippen LogP contribution is -2.38. The molecule has 2 aromatic rings. The molecule has 2 N–H and O–H groups in total. The van der Waals surface area contributed by atoms with Crippen molar-refractivity contribution in [2.75, 3.05) is 34.2 Å². The first-order valence-electron chi connectivity index (χ1n) is 9.59. The van der Waals surface area contributed by atoms with Gasteiger partial charge in [-0.05, 0) is 50.8 Å². The van der Waals surface area contributed by atoms with Gasteiger partial charge in [0.25, 0.3) is 5.91 Å². The standard InChI is InChI=1S/C21H31N5O2/c1-15-19(16(2)28-25-15)10-7-12-23-21(22-3)24-13-11-17-8-6-9-18(14-17)20(27)26(4)5/h6,8-9,14H,7,10-13H2,1-5H3,(H2,22,23,24). The molecule has 0 fully saturated rings. The summed E-state index contributed by atoms with van der Waals surface area (Å²) in [6.07, 6.45) is 2.71. The second kappa shape index (κ2) is 10.5. The van der Waals surface area contributed by atoms with Crippen LogP contribution in [0.3, 0.4) is 0 Å². The minimum atomic E-state index is 0.0191. The van der Waals surface area contributed by atoms with Crippen LogP contribution >= 0.6 is 0 Å². The number of amides is 1. The molecule has 0 aliphatic heterocycles. The van der Waals surface area contributed by atoms with Crippen molar-refractivity contribution in [1.82, 2.24) is 20.7 Å². The lowest BCUT2D eigenvalue weighted by molar-refractivity contribution is 0.0827. The molecule has 7 nitrogen and oxygen atoms in total. The van der Waals surface area contributed by atoms with Crippen molar-refractivity contribution in [3.05, 3.63) is 52.4 Å². The van der Waals surface area contributed by atoms with Gasteiger partial charge in [-0.1, -0.05) is 17.3 Å². The van der Waals surface area contributed by atoms with Crippen molar-refractivity contribution >= 4 is 11.9 Å². The molecule has 0 bridgehead atoms. The van der Waals surface area contributed by atoms with E-state index in [9.17, 15) is 4.79 Å². The third-order valence-corrected chi connectivity index (χ3v) is 4.59. The molecule has 0 atom stereocenters. The van der Waals surface area contributed by atoms with Gasteiger partial charge in [0.05, 0.1) is 5.69 Å². The van der Waals surface area contributed by atoms with E-state index in [2.05, 4.69) is 20.8 Å². The van der Waals surface area contributed by atoms with E-state index < -0.39 is 0 Å². The molecule has 0 saturated heterocycles. The van der Waals surface area contributed by atoms with Gasteiger partial charge in [0.15, 0.2) is 5.96 Å². The smallest absolute Gasteiger partial charge is 0.253 e. The van der Waals surface area contributed by atoms with Gasteiger partial charge in [-0.15, -0.1) is 0 Å². The Bertz CT molecular complexity index is 791. The highest BCUT2D eigenvalue weighted by atomic mass is 16.5. The number of nitrogens with one attached hydrogen (secondary N) is 2. The summed E-state index contributed by atoms with van der Waals surface area (Å²) in [5.74, 6) is 1.69. The summed E-state index contributed by atoms with van der Waals surface area (Å²) in [5, 5.41) is 10.6. The van der Waals surface area contributed by atoms with Gasteiger partial charge in [-0.25, -0.2) is 0 Å². The zero-order chi connectivity index (χ0) is 20.5. The summed E-state index contributed by atoms with van der Waals surface area (Å²) >= 11 is 0. The van der Waals surface area contributed by atoms with Crippen LogP contribution in [0.5, 0.6) is 0 Å². The molecule has 0 aliphatic carbocycles. The zero-order valence-corrected chi connectivity index (χ0v) is 17.5. The average Bonchev–Trinajstić information content (AvgIpc) is 3.01. The van der Waals surface area contributed by atoms with Crippen LogP contribution in [-0.2, 0) is 12.8 Å². The van der Waals surface area contributed by atoms with Gasteiger partial charge in [-0.2, -0.15) is 0 Å². The third-order valence-electron chi connectivity index (χ3n) is 4.59. The highest BCUT2D eigenvalue weighted by Crippen LogP contribution is 2.13. The molecule has 0 aliphatic rings. The number of carbonyl (C=O) groups is 1. The largest absolute Gasteiger partial charge is 0.361 e. The number of aryl methyl sites for hydroxylation is 2. The Hall–Kier alpha value is -2.83. The molecule has 2 rings (SSSR count). The number of guanidine groups is 1. The topological polar surface area (TPSA) is 82.8 Å². The van der Waals surface area contributed by atoms with Crippen molar-refractivity contribution in [3.63, 3.8) is 0 Å². The molecule has 1 aromatic carbocycles. The van der Waals surface area contributed by atoms with Gasteiger partial charge < -0.3 is 20.1 Å². The van der Waals surface area contributed by atoms with E-state index in [1.54, 1.807) is 26.0 Å². The Kier molecular flexibility index (Phi) is 8.04. The molecule has 0 radical (unpaired) electrons. The SMILES string of the molecule is CN=C(NCCCc1c(C)noc1C)NCCc1cccc(C(=O)N(C)C)c1. The Morgan fingerprint density at radius 1 is 1.18 bits per heavy atom. The second-order valence-electron chi connectivity index (χ2n) is 6.98. The maximum absolute atomic E-state index is 12.1. The van der Waals surface area contributed by atoms with Gasteiger partial charge in [0.1, 0.15) is 5.76 Å². The summed E-state index contributed by atoms with van der Waals surface area (Å²) in [6.45, 7) is 5.48. The number of hydrogen-bond donors (Lipinski definition) is 2. The van der Waals surface area contributed by atoms with Gasteiger partial charge in [-0.3, -0.25) is 9.79 Å². The number of nitrogens with zero attached hydrogens (tertiary/aromatic N) is 3. The molecule has 1 aromatic heterocycles. The van der Waals surface area contributed by atoms with Crippen LogP contribution < -0.4 is 10.6 Å². The fourth-order valence-electron chi connectivity index (χ4n) is 2.99. The average molecular weight is 386 g/mol. The van der Waals surface area contributed by atoms with E-state index in [1.165, 1.54) is 5.56 Å². The summed E-state index contributed by atoms with van der Waals surface area (Å²) in [6, 6.07) is 7.75. The van der Waals surface area contributed by atoms with E-state index in [4.69, 9.17) is 4.52 Å². The van der Waals surface area contributed by atoms with Crippen LogP contribution in [0.2, 0.25) is 0 Å². The lowest BCUT2D eigenvalue weighted by Gasteiger charge is -2.13. The molecule has 1 heterocycles. The van der Waals surface area contributed by atoms with Crippen LogP contribution in [0.25, 0.3) is 0 Å². The first-order valence-corrected chi connectivity index (χ1v) is 9.59. The summed E-state index contributed by atoms with van der Waals surface area (Å²) < 4.78 is 5.20. The van der Waals surface area contributed by atoms with Crippen molar-refractivity contribution < 1.29 is 9.32 Å². The Labute approximate surface area is 167 Å². The molecule has 0 unspecified atom stereocenters. The Balaban J connectivity index is 1.74.